The fourth-order valence-corrected chi connectivity index (χ4v) is 1.81. The van der Waals surface area contributed by atoms with Gasteiger partial charge in [-0.1, -0.05) is 17.7 Å². The van der Waals surface area contributed by atoms with Crippen molar-refractivity contribution < 1.29 is 18.3 Å². The molecule has 0 atom stereocenters. The molecule has 0 saturated carbocycles. The molecule has 1 aromatic carbocycles. The van der Waals surface area contributed by atoms with Crippen LogP contribution in [0.15, 0.2) is 24.5 Å². The molecule has 1 aromatic heterocycles. The molecule has 0 aliphatic rings. The fraction of sp³-hybridized carbons (Fsp3) is 0.167. The Morgan fingerprint density at radius 2 is 1.95 bits per heavy atom. The Morgan fingerprint density at radius 1 is 1.26 bits per heavy atom. The minimum absolute atomic E-state index is 0.163. The van der Waals surface area contributed by atoms with Crippen LogP contribution in [0.4, 0.5) is 13.2 Å². The molecule has 0 saturated heterocycles. The molecule has 0 bridgehead atoms. The van der Waals surface area contributed by atoms with E-state index in [9.17, 15) is 18.3 Å². The summed E-state index contributed by atoms with van der Waals surface area (Å²) in [6.45, 7) is 0.639. The van der Waals surface area contributed by atoms with Gasteiger partial charge in [-0.05, 0) is 6.07 Å². The molecule has 1 heterocycles. The fourth-order valence-electron chi connectivity index (χ4n) is 1.65. The molecule has 100 valence electrons. The molecule has 0 aliphatic heterocycles. The molecule has 0 unspecified atom stereocenters. The van der Waals surface area contributed by atoms with Crippen molar-refractivity contribution in [1.82, 2.24) is 9.97 Å². The van der Waals surface area contributed by atoms with Gasteiger partial charge < -0.3 is 5.11 Å². The van der Waals surface area contributed by atoms with Gasteiger partial charge in [0, 0.05) is 24.1 Å². The van der Waals surface area contributed by atoms with Crippen LogP contribution in [-0.4, -0.2) is 15.1 Å². The molecule has 0 fully saturated rings. The number of benzene rings is 1. The molecule has 0 radical (unpaired) electrons. The van der Waals surface area contributed by atoms with Gasteiger partial charge in [0.25, 0.3) is 5.92 Å². The van der Waals surface area contributed by atoms with Crippen LogP contribution in [-0.2, 0) is 5.92 Å². The lowest BCUT2D eigenvalue weighted by Gasteiger charge is -2.16. The van der Waals surface area contributed by atoms with Crippen molar-refractivity contribution in [3.63, 3.8) is 0 Å². The summed E-state index contributed by atoms with van der Waals surface area (Å²) in [4.78, 5) is 7.09. The van der Waals surface area contributed by atoms with Crippen LogP contribution in [0.5, 0.6) is 5.88 Å². The molecule has 19 heavy (non-hydrogen) atoms. The smallest absolute Gasteiger partial charge is 0.271 e. The second-order valence-electron chi connectivity index (χ2n) is 3.93. The van der Waals surface area contributed by atoms with E-state index >= 15 is 0 Å². The van der Waals surface area contributed by atoms with E-state index in [4.69, 9.17) is 11.6 Å². The van der Waals surface area contributed by atoms with Crippen molar-refractivity contribution in [2.24, 2.45) is 0 Å². The summed E-state index contributed by atoms with van der Waals surface area (Å²) in [6.07, 6.45) is 0.947. The third kappa shape index (κ3) is 2.63. The number of nitrogens with zero attached hydrogens (tertiary/aromatic N) is 2. The summed E-state index contributed by atoms with van der Waals surface area (Å²) in [6, 6.07) is 3.07. The van der Waals surface area contributed by atoms with Crippen molar-refractivity contribution in [2.45, 2.75) is 12.8 Å². The number of hydrogen-bond donors (Lipinski definition) is 1. The summed E-state index contributed by atoms with van der Waals surface area (Å²) in [5, 5.41) is 8.93. The average Bonchev–Trinajstić information content (AvgIpc) is 2.31. The lowest BCUT2D eigenvalue weighted by Crippen LogP contribution is -2.11. The zero-order chi connectivity index (χ0) is 14.2. The molecular weight excluding hydrogens is 281 g/mol. The maximum atomic E-state index is 14.0. The maximum Gasteiger partial charge on any atom is 0.271 e. The van der Waals surface area contributed by atoms with E-state index in [0.29, 0.717) is 6.92 Å². The Balaban J connectivity index is 2.77. The molecule has 0 spiro atoms. The topological polar surface area (TPSA) is 46.0 Å². The second-order valence-corrected chi connectivity index (χ2v) is 4.34. The molecule has 0 aliphatic carbocycles. The number of aromatic hydroxyl groups is 1. The van der Waals surface area contributed by atoms with Gasteiger partial charge in [-0.2, -0.15) is 0 Å². The first-order chi connectivity index (χ1) is 8.80. The summed E-state index contributed by atoms with van der Waals surface area (Å²) >= 11 is 5.60. The van der Waals surface area contributed by atoms with E-state index in [0.717, 1.165) is 24.5 Å². The lowest BCUT2D eigenvalue weighted by atomic mass is 9.99. The number of halogens is 4. The molecule has 2 aromatic rings. The van der Waals surface area contributed by atoms with Crippen molar-refractivity contribution in [3.8, 4) is 17.1 Å². The molecule has 0 amide bonds. The van der Waals surface area contributed by atoms with Crippen LogP contribution in [0.3, 0.4) is 0 Å². The average molecular weight is 289 g/mol. The molecular formula is C12H8ClF3N2O. The van der Waals surface area contributed by atoms with Crippen molar-refractivity contribution in [1.29, 1.82) is 0 Å². The van der Waals surface area contributed by atoms with E-state index in [1.807, 2.05) is 0 Å². The van der Waals surface area contributed by atoms with Crippen molar-refractivity contribution in [3.05, 3.63) is 40.9 Å². The molecule has 2 rings (SSSR count). The van der Waals surface area contributed by atoms with Crippen LogP contribution in [0.25, 0.3) is 11.3 Å². The number of alkyl halides is 2. The first-order valence-corrected chi connectivity index (χ1v) is 5.56. The Labute approximate surface area is 111 Å². The highest BCUT2D eigenvalue weighted by molar-refractivity contribution is 6.31. The summed E-state index contributed by atoms with van der Waals surface area (Å²) in [7, 11) is 0. The number of aromatic nitrogens is 2. The van der Waals surface area contributed by atoms with Gasteiger partial charge in [0.1, 0.15) is 6.33 Å². The Kier molecular flexibility index (Phi) is 3.36. The lowest BCUT2D eigenvalue weighted by molar-refractivity contribution is 0.0178. The second kappa shape index (κ2) is 4.70. The predicted molar refractivity (Wildman–Crippen MR) is 63.7 cm³/mol. The van der Waals surface area contributed by atoms with Crippen LogP contribution in [0, 0.1) is 5.82 Å². The largest absolute Gasteiger partial charge is 0.493 e. The van der Waals surface area contributed by atoms with Crippen LogP contribution in [0.1, 0.15) is 12.5 Å². The number of hydrogen-bond acceptors (Lipinski definition) is 3. The van der Waals surface area contributed by atoms with Crippen molar-refractivity contribution in [2.75, 3.05) is 0 Å². The van der Waals surface area contributed by atoms with Gasteiger partial charge in [-0.15, -0.1) is 0 Å². The Bertz CT molecular complexity index is 629. The number of rotatable bonds is 2. The van der Waals surface area contributed by atoms with E-state index < -0.39 is 28.7 Å². The Hall–Kier alpha value is -1.82. The van der Waals surface area contributed by atoms with Gasteiger partial charge in [0.15, 0.2) is 5.82 Å². The molecule has 3 nitrogen and oxygen atoms in total. The van der Waals surface area contributed by atoms with E-state index in [1.54, 1.807) is 0 Å². The van der Waals surface area contributed by atoms with Gasteiger partial charge in [-0.3, -0.25) is 0 Å². The highest BCUT2D eigenvalue weighted by Gasteiger charge is 2.31. The highest BCUT2D eigenvalue weighted by atomic mass is 35.5. The monoisotopic (exact) mass is 288 g/mol. The summed E-state index contributed by atoms with van der Waals surface area (Å²) in [5.74, 6) is -4.74. The van der Waals surface area contributed by atoms with Crippen LogP contribution >= 0.6 is 11.6 Å². The standard InChI is InChI=1S/C12H8ClF3N2O/c1-12(15,16)6-2-3-7(13)11(14)10(6)8-4-9(19)18-5-17-8/h2-5H,1H3,(H,17,18,19). The first-order valence-electron chi connectivity index (χ1n) is 5.18. The molecule has 1 N–H and O–H groups in total. The minimum atomic E-state index is -3.28. The third-order valence-corrected chi connectivity index (χ3v) is 2.77. The van der Waals surface area contributed by atoms with Crippen molar-refractivity contribution >= 4 is 11.6 Å². The molecule has 7 heteroatoms. The van der Waals surface area contributed by atoms with E-state index in [-0.39, 0.29) is 10.7 Å². The van der Waals surface area contributed by atoms with Gasteiger partial charge in [-0.25, -0.2) is 23.1 Å². The Morgan fingerprint density at radius 3 is 2.53 bits per heavy atom. The van der Waals surface area contributed by atoms with Gasteiger partial charge in [0.05, 0.1) is 10.7 Å². The zero-order valence-corrected chi connectivity index (χ0v) is 10.4. The minimum Gasteiger partial charge on any atom is -0.493 e. The quantitative estimate of drug-likeness (QED) is 0.915. The normalized spacial score (nSPS) is 11.6. The summed E-state index contributed by atoms with van der Waals surface area (Å²) in [5.41, 5.74) is -1.17. The van der Waals surface area contributed by atoms with E-state index in [2.05, 4.69) is 9.97 Å². The highest BCUT2D eigenvalue weighted by Crippen LogP contribution is 2.39. The predicted octanol–water partition coefficient (Wildman–Crippen LogP) is 3.75. The van der Waals surface area contributed by atoms with Crippen LogP contribution in [0.2, 0.25) is 5.02 Å². The first kappa shape index (κ1) is 13.6. The maximum absolute atomic E-state index is 14.0. The van der Waals surface area contributed by atoms with E-state index in [1.165, 1.54) is 0 Å². The van der Waals surface area contributed by atoms with Gasteiger partial charge in [0.2, 0.25) is 5.88 Å². The SMILES string of the molecule is CC(F)(F)c1ccc(Cl)c(F)c1-c1cc(O)ncn1. The van der Waals surface area contributed by atoms with Crippen LogP contribution < -0.4 is 0 Å². The van der Waals surface area contributed by atoms with Gasteiger partial charge >= 0.3 is 0 Å². The zero-order valence-electron chi connectivity index (χ0n) is 9.66. The summed E-state index contributed by atoms with van der Waals surface area (Å²) < 4.78 is 41.0. The third-order valence-electron chi connectivity index (χ3n) is 2.48.